The third-order valence-corrected chi connectivity index (χ3v) is 5.72. The summed E-state index contributed by atoms with van der Waals surface area (Å²) in [7, 11) is 1.50. The van der Waals surface area contributed by atoms with Crippen LogP contribution in [0.4, 0.5) is 4.79 Å². The third kappa shape index (κ3) is 2.93. The van der Waals surface area contributed by atoms with Crippen LogP contribution >= 0.6 is 23.4 Å². The number of amides is 2. The highest BCUT2D eigenvalue weighted by Gasteiger charge is 2.32. The molecule has 26 heavy (non-hydrogen) atoms. The summed E-state index contributed by atoms with van der Waals surface area (Å²) in [5.41, 5.74) is 2.98. The lowest BCUT2D eigenvalue weighted by molar-refractivity contribution is -0.121. The van der Waals surface area contributed by atoms with Crippen molar-refractivity contribution in [1.29, 1.82) is 0 Å². The second kappa shape index (κ2) is 6.67. The van der Waals surface area contributed by atoms with Crippen molar-refractivity contribution in [3.8, 4) is 0 Å². The molecule has 1 aliphatic heterocycles. The number of nitrogens with zero attached hydrogens (tertiary/aromatic N) is 2. The van der Waals surface area contributed by atoms with E-state index in [-0.39, 0.29) is 11.1 Å². The second-order valence-corrected chi connectivity index (χ2v) is 7.46. The van der Waals surface area contributed by atoms with Crippen molar-refractivity contribution in [3.05, 3.63) is 75.8 Å². The Morgan fingerprint density at radius 1 is 1.08 bits per heavy atom. The van der Waals surface area contributed by atoms with Crippen molar-refractivity contribution < 1.29 is 9.59 Å². The molecule has 130 valence electrons. The SMILES string of the molecule is CN1C(=O)S/C(=C\c2cn(Cc3ccccc3Cl)c3ccccc23)C1=O. The van der Waals surface area contributed by atoms with Crippen LogP contribution in [0, 0.1) is 0 Å². The molecule has 3 aromatic rings. The number of fused-ring (bicyclic) bond motifs is 1. The van der Waals surface area contributed by atoms with Gasteiger partial charge < -0.3 is 4.57 Å². The summed E-state index contributed by atoms with van der Waals surface area (Å²) in [6, 6.07) is 15.7. The summed E-state index contributed by atoms with van der Waals surface area (Å²) in [6.07, 6.45) is 3.79. The van der Waals surface area contributed by atoms with Gasteiger partial charge in [-0.3, -0.25) is 14.5 Å². The van der Waals surface area contributed by atoms with Gasteiger partial charge >= 0.3 is 0 Å². The number of aromatic nitrogens is 1. The summed E-state index contributed by atoms with van der Waals surface area (Å²) in [5.74, 6) is -0.261. The van der Waals surface area contributed by atoms with Gasteiger partial charge in [0.2, 0.25) is 0 Å². The number of hydrogen-bond donors (Lipinski definition) is 0. The lowest BCUT2D eigenvalue weighted by atomic mass is 10.1. The van der Waals surface area contributed by atoms with Gasteiger partial charge in [0, 0.05) is 41.3 Å². The molecule has 1 saturated heterocycles. The van der Waals surface area contributed by atoms with Gasteiger partial charge in [0.05, 0.1) is 4.91 Å². The molecule has 0 unspecified atom stereocenters. The highest BCUT2D eigenvalue weighted by Crippen LogP contribution is 2.33. The van der Waals surface area contributed by atoms with Crippen LogP contribution < -0.4 is 0 Å². The number of rotatable bonds is 3. The Kier molecular flexibility index (Phi) is 4.34. The molecule has 0 atom stereocenters. The first-order valence-electron chi connectivity index (χ1n) is 8.07. The van der Waals surface area contributed by atoms with E-state index in [9.17, 15) is 9.59 Å². The fourth-order valence-electron chi connectivity index (χ4n) is 3.02. The largest absolute Gasteiger partial charge is 0.342 e. The van der Waals surface area contributed by atoms with E-state index in [1.807, 2.05) is 54.7 Å². The van der Waals surface area contributed by atoms with E-state index in [0.29, 0.717) is 11.4 Å². The lowest BCUT2D eigenvalue weighted by Gasteiger charge is -2.07. The number of likely N-dealkylation sites (N-methyl/N-ethyl adjacent to an activating group) is 1. The molecule has 6 heteroatoms. The van der Waals surface area contributed by atoms with Gasteiger partial charge in [-0.05, 0) is 35.5 Å². The molecule has 1 aliphatic rings. The number of halogens is 1. The van der Waals surface area contributed by atoms with E-state index in [2.05, 4.69) is 4.57 Å². The van der Waals surface area contributed by atoms with Crippen LogP contribution in [0.15, 0.2) is 59.6 Å². The van der Waals surface area contributed by atoms with Crippen LogP contribution in [0.25, 0.3) is 17.0 Å². The standard InChI is InChI=1S/C20H15ClN2O2S/c1-22-19(24)18(26-20(22)25)10-14-12-23(17-9-5-3-7-15(14)17)11-13-6-2-4-8-16(13)21/h2-10,12H,11H2,1H3/b18-10-. The Labute approximate surface area is 160 Å². The Balaban J connectivity index is 1.79. The quantitative estimate of drug-likeness (QED) is 0.598. The summed E-state index contributed by atoms with van der Waals surface area (Å²) >= 11 is 7.27. The van der Waals surface area contributed by atoms with Crippen LogP contribution in [0.1, 0.15) is 11.1 Å². The topological polar surface area (TPSA) is 42.3 Å². The predicted molar refractivity (Wildman–Crippen MR) is 106 cm³/mol. The average molecular weight is 383 g/mol. The smallest absolute Gasteiger partial charge is 0.293 e. The van der Waals surface area contributed by atoms with Crippen LogP contribution in [0.3, 0.4) is 0 Å². The van der Waals surface area contributed by atoms with E-state index in [4.69, 9.17) is 11.6 Å². The Bertz CT molecular complexity index is 1070. The molecule has 4 nitrogen and oxygen atoms in total. The van der Waals surface area contributed by atoms with Gasteiger partial charge in [-0.1, -0.05) is 48.0 Å². The normalized spacial score (nSPS) is 16.2. The zero-order valence-electron chi connectivity index (χ0n) is 14.0. The number of thioether (sulfide) groups is 1. The summed E-state index contributed by atoms with van der Waals surface area (Å²) in [5, 5.41) is 1.50. The molecule has 0 aliphatic carbocycles. The number of benzene rings is 2. The van der Waals surface area contributed by atoms with E-state index in [1.54, 1.807) is 6.08 Å². The molecule has 0 spiro atoms. The first-order valence-corrected chi connectivity index (χ1v) is 9.27. The van der Waals surface area contributed by atoms with E-state index in [0.717, 1.165) is 43.7 Å². The molecule has 4 rings (SSSR count). The zero-order chi connectivity index (χ0) is 18.3. The number of carbonyl (C=O) groups is 2. The molecule has 2 amide bonds. The second-order valence-electron chi connectivity index (χ2n) is 6.06. The molecule has 0 saturated carbocycles. The molecule has 2 heterocycles. The van der Waals surface area contributed by atoms with Gasteiger partial charge in [-0.15, -0.1) is 0 Å². The third-order valence-electron chi connectivity index (χ3n) is 4.39. The van der Waals surface area contributed by atoms with Gasteiger partial charge in [0.1, 0.15) is 0 Å². The summed E-state index contributed by atoms with van der Waals surface area (Å²) in [6.45, 7) is 0.628. The molecule has 2 aromatic carbocycles. The number of hydrogen-bond acceptors (Lipinski definition) is 3. The van der Waals surface area contributed by atoms with Crippen LogP contribution in [0.2, 0.25) is 5.02 Å². The molecule has 1 fully saturated rings. The minimum Gasteiger partial charge on any atom is -0.342 e. The summed E-state index contributed by atoms with van der Waals surface area (Å²) in [4.78, 5) is 25.5. The summed E-state index contributed by atoms with van der Waals surface area (Å²) < 4.78 is 2.11. The van der Waals surface area contributed by atoms with Crippen molar-refractivity contribution in [2.75, 3.05) is 7.05 Å². The van der Waals surface area contributed by atoms with Crippen LogP contribution in [0.5, 0.6) is 0 Å². The minimum atomic E-state index is -0.261. The van der Waals surface area contributed by atoms with E-state index in [1.165, 1.54) is 7.05 Å². The maximum absolute atomic E-state index is 12.2. The molecular formula is C20H15ClN2O2S. The Morgan fingerprint density at radius 3 is 2.54 bits per heavy atom. The van der Waals surface area contributed by atoms with Crippen molar-refractivity contribution in [3.63, 3.8) is 0 Å². The molecule has 0 bridgehead atoms. The van der Waals surface area contributed by atoms with E-state index < -0.39 is 0 Å². The molecule has 0 N–H and O–H groups in total. The van der Waals surface area contributed by atoms with Crippen molar-refractivity contribution in [2.45, 2.75) is 6.54 Å². The maximum atomic E-state index is 12.2. The number of para-hydroxylation sites is 1. The first kappa shape index (κ1) is 16.9. The van der Waals surface area contributed by atoms with Crippen molar-refractivity contribution in [2.24, 2.45) is 0 Å². The zero-order valence-corrected chi connectivity index (χ0v) is 15.6. The maximum Gasteiger partial charge on any atom is 0.293 e. The molecule has 0 radical (unpaired) electrons. The minimum absolute atomic E-state index is 0.249. The first-order chi connectivity index (χ1) is 12.5. The predicted octanol–water partition coefficient (Wildman–Crippen LogP) is 5.01. The van der Waals surface area contributed by atoms with Gasteiger partial charge in [0.25, 0.3) is 11.1 Å². The highest BCUT2D eigenvalue weighted by molar-refractivity contribution is 8.18. The fourth-order valence-corrected chi connectivity index (χ4v) is 4.03. The number of carbonyl (C=O) groups excluding carboxylic acids is 2. The fraction of sp³-hybridized carbons (Fsp3) is 0.100. The van der Waals surface area contributed by atoms with Gasteiger partial charge in [0.15, 0.2) is 0 Å². The van der Waals surface area contributed by atoms with Gasteiger partial charge in [-0.25, -0.2) is 0 Å². The van der Waals surface area contributed by atoms with Crippen LogP contribution in [-0.2, 0) is 11.3 Å². The van der Waals surface area contributed by atoms with E-state index >= 15 is 0 Å². The molecule has 1 aromatic heterocycles. The number of imide groups is 1. The lowest BCUT2D eigenvalue weighted by Crippen LogP contribution is -2.22. The Morgan fingerprint density at radius 2 is 1.81 bits per heavy atom. The average Bonchev–Trinajstić information content (AvgIpc) is 3.10. The highest BCUT2D eigenvalue weighted by atomic mass is 35.5. The monoisotopic (exact) mass is 382 g/mol. The van der Waals surface area contributed by atoms with Crippen molar-refractivity contribution in [1.82, 2.24) is 9.47 Å². The van der Waals surface area contributed by atoms with Crippen molar-refractivity contribution >= 4 is 51.5 Å². The Hall–Kier alpha value is -2.50. The van der Waals surface area contributed by atoms with Gasteiger partial charge in [-0.2, -0.15) is 0 Å². The van der Waals surface area contributed by atoms with Crippen LogP contribution in [-0.4, -0.2) is 27.7 Å². The molecular weight excluding hydrogens is 368 g/mol.